The molecule has 0 aliphatic heterocycles. The van der Waals surface area contributed by atoms with Crippen molar-refractivity contribution < 1.29 is 4.79 Å². The van der Waals surface area contributed by atoms with Crippen LogP contribution in [0.4, 0.5) is 0 Å². The van der Waals surface area contributed by atoms with E-state index in [1.807, 2.05) is 42.6 Å². The van der Waals surface area contributed by atoms with Crippen LogP contribution in [0.1, 0.15) is 10.4 Å². The van der Waals surface area contributed by atoms with Gasteiger partial charge < -0.3 is 10.3 Å². The van der Waals surface area contributed by atoms with Gasteiger partial charge in [-0.15, -0.1) is 11.8 Å². The van der Waals surface area contributed by atoms with Gasteiger partial charge in [-0.2, -0.15) is 0 Å². The average molecular weight is 375 g/mol. The highest BCUT2D eigenvalue weighted by Gasteiger charge is 2.06. The number of rotatable bonds is 5. The molecule has 1 amide bonds. The van der Waals surface area contributed by atoms with Crippen molar-refractivity contribution in [2.45, 2.75) is 4.90 Å². The predicted molar refractivity (Wildman–Crippen MR) is 95.5 cm³/mol. The van der Waals surface area contributed by atoms with Crippen LogP contribution in [-0.2, 0) is 0 Å². The van der Waals surface area contributed by atoms with Gasteiger partial charge in [0.15, 0.2) is 0 Å². The Hall–Kier alpha value is -1.72. The fourth-order valence-electron chi connectivity index (χ4n) is 2.19. The van der Waals surface area contributed by atoms with Gasteiger partial charge in [0.25, 0.3) is 5.91 Å². The normalized spacial score (nSPS) is 10.8. The molecular formula is C17H15BrN2OS. The van der Waals surface area contributed by atoms with E-state index in [2.05, 4.69) is 38.4 Å². The minimum absolute atomic E-state index is 0.0352. The second-order valence-electron chi connectivity index (χ2n) is 4.81. The van der Waals surface area contributed by atoms with Crippen LogP contribution in [0.5, 0.6) is 0 Å². The minimum atomic E-state index is -0.0352. The highest BCUT2D eigenvalue weighted by atomic mass is 79.9. The van der Waals surface area contributed by atoms with Crippen LogP contribution in [0.25, 0.3) is 10.9 Å². The lowest BCUT2D eigenvalue weighted by atomic mass is 10.2. The monoisotopic (exact) mass is 374 g/mol. The molecule has 3 nitrogen and oxygen atoms in total. The molecule has 22 heavy (non-hydrogen) atoms. The summed E-state index contributed by atoms with van der Waals surface area (Å²) < 4.78 is 0.971. The number of para-hydroxylation sites is 1. The smallest absolute Gasteiger partial charge is 0.251 e. The van der Waals surface area contributed by atoms with Crippen LogP contribution in [-0.4, -0.2) is 23.2 Å². The number of halogens is 1. The summed E-state index contributed by atoms with van der Waals surface area (Å²) in [7, 11) is 0. The Balaban J connectivity index is 1.51. The van der Waals surface area contributed by atoms with E-state index in [0.717, 1.165) is 15.7 Å². The van der Waals surface area contributed by atoms with Gasteiger partial charge in [-0.1, -0.05) is 34.1 Å². The fraction of sp³-hybridized carbons (Fsp3) is 0.118. The molecule has 0 aliphatic rings. The maximum Gasteiger partial charge on any atom is 0.251 e. The lowest BCUT2D eigenvalue weighted by molar-refractivity contribution is 0.0956. The molecule has 0 radical (unpaired) electrons. The van der Waals surface area contributed by atoms with Gasteiger partial charge in [-0.25, -0.2) is 0 Å². The number of carbonyl (C=O) groups excluding carboxylic acids is 1. The molecule has 1 heterocycles. The molecular weight excluding hydrogens is 360 g/mol. The van der Waals surface area contributed by atoms with Crippen LogP contribution in [0.15, 0.2) is 64.1 Å². The Bertz CT molecular complexity index is 783. The molecule has 0 atom stereocenters. The summed E-state index contributed by atoms with van der Waals surface area (Å²) in [6.45, 7) is 0.638. The van der Waals surface area contributed by atoms with Crippen molar-refractivity contribution in [3.8, 4) is 0 Å². The molecule has 112 valence electrons. The number of thioether (sulfide) groups is 1. The number of fused-ring (bicyclic) bond motifs is 1. The zero-order chi connectivity index (χ0) is 15.4. The van der Waals surface area contributed by atoms with Gasteiger partial charge in [0, 0.05) is 44.3 Å². The Morgan fingerprint density at radius 1 is 1.14 bits per heavy atom. The number of hydrogen-bond acceptors (Lipinski definition) is 2. The van der Waals surface area contributed by atoms with E-state index in [9.17, 15) is 4.79 Å². The maximum atomic E-state index is 12.0. The molecule has 3 aromatic rings. The first kappa shape index (κ1) is 15.2. The molecule has 0 bridgehead atoms. The largest absolute Gasteiger partial charge is 0.360 e. The molecule has 1 aromatic heterocycles. The van der Waals surface area contributed by atoms with Crippen molar-refractivity contribution in [1.82, 2.24) is 10.3 Å². The summed E-state index contributed by atoms with van der Waals surface area (Å²) in [5.74, 6) is 0.802. The third-order valence-corrected chi connectivity index (χ3v) is 4.89. The molecule has 3 rings (SSSR count). The Morgan fingerprint density at radius 2 is 1.91 bits per heavy atom. The molecule has 5 heteroatoms. The van der Waals surface area contributed by atoms with E-state index >= 15 is 0 Å². The topological polar surface area (TPSA) is 44.9 Å². The summed E-state index contributed by atoms with van der Waals surface area (Å²) in [5, 5.41) is 4.17. The number of carbonyl (C=O) groups is 1. The van der Waals surface area contributed by atoms with E-state index in [-0.39, 0.29) is 5.91 Å². The van der Waals surface area contributed by atoms with Gasteiger partial charge >= 0.3 is 0 Å². The van der Waals surface area contributed by atoms with Gasteiger partial charge in [0.2, 0.25) is 0 Å². The summed E-state index contributed by atoms with van der Waals surface area (Å²) in [4.78, 5) is 16.5. The third kappa shape index (κ3) is 3.54. The van der Waals surface area contributed by atoms with Crippen molar-refractivity contribution in [3.63, 3.8) is 0 Å². The van der Waals surface area contributed by atoms with Crippen LogP contribution in [0, 0.1) is 0 Å². The number of benzene rings is 2. The number of amides is 1. The first-order valence-electron chi connectivity index (χ1n) is 6.97. The van der Waals surface area contributed by atoms with E-state index < -0.39 is 0 Å². The third-order valence-electron chi connectivity index (χ3n) is 3.30. The standard InChI is InChI=1S/C17H15BrN2OS/c18-13-7-5-12(6-8-13)17(21)19-9-10-22-16-11-20-15-4-2-1-3-14(15)16/h1-8,11,20H,9-10H2,(H,19,21). The zero-order valence-electron chi connectivity index (χ0n) is 11.8. The SMILES string of the molecule is O=C(NCCSc1c[nH]c2ccccc12)c1ccc(Br)cc1. The summed E-state index contributed by atoms with van der Waals surface area (Å²) in [6.07, 6.45) is 2.02. The molecule has 2 N–H and O–H groups in total. The number of nitrogens with one attached hydrogen (secondary N) is 2. The predicted octanol–water partition coefficient (Wildman–Crippen LogP) is 4.45. The van der Waals surface area contributed by atoms with Gasteiger partial charge in [0.05, 0.1) is 0 Å². The molecule has 0 spiro atoms. The molecule has 0 saturated heterocycles. The molecule has 2 aromatic carbocycles. The molecule has 0 aliphatic carbocycles. The van der Waals surface area contributed by atoms with Crippen LogP contribution >= 0.6 is 27.7 Å². The highest BCUT2D eigenvalue weighted by molar-refractivity contribution is 9.10. The summed E-state index contributed by atoms with van der Waals surface area (Å²) >= 11 is 5.10. The minimum Gasteiger partial charge on any atom is -0.360 e. The molecule has 0 saturated carbocycles. The molecule has 0 fully saturated rings. The lowest BCUT2D eigenvalue weighted by Gasteiger charge is -2.05. The summed E-state index contributed by atoms with van der Waals surface area (Å²) in [5.41, 5.74) is 1.82. The van der Waals surface area contributed by atoms with Crippen LogP contribution < -0.4 is 5.32 Å². The Kier molecular flexibility index (Phi) is 4.85. The van der Waals surface area contributed by atoms with Crippen molar-refractivity contribution in [2.75, 3.05) is 12.3 Å². The Morgan fingerprint density at radius 3 is 2.73 bits per heavy atom. The van der Waals surface area contributed by atoms with E-state index in [1.165, 1.54) is 10.3 Å². The second kappa shape index (κ2) is 7.03. The maximum absolute atomic E-state index is 12.0. The number of H-pyrrole nitrogens is 1. The van der Waals surface area contributed by atoms with Crippen LogP contribution in [0.3, 0.4) is 0 Å². The van der Waals surface area contributed by atoms with Gasteiger partial charge in [-0.3, -0.25) is 4.79 Å². The molecule has 0 unspecified atom stereocenters. The number of aromatic amines is 1. The number of hydrogen-bond donors (Lipinski definition) is 2. The lowest BCUT2D eigenvalue weighted by Crippen LogP contribution is -2.25. The summed E-state index contributed by atoms with van der Waals surface area (Å²) in [6, 6.07) is 15.6. The highest BCUT2D eigenvalue weighted by Crippen LogP contribution is 2.27. The van der Waals surface area contributed by atoms with Gasteiger partial charge in [0.1, 0.15) is 0 Å². The van der Waals surface area contributed by atoms with Crippen LogP contribution in [0.2, 0.25) is 0 Å². The van der Waals surface area contributed by atoms with E-state index in [0.29, 0.717) is 12.1 Å². The van der Waals surface area contributed by atoms with Crippen molar-refractivity contribution in [2.24, 2.45) is 0 Å². The Labute approximate surface area is 141 Å². The van der Waals surface area contributed by atoms with E-state index in [1.54, 1.807) is 11.8 Å². The zero-order valence-corrected chi connectivity index (χ0v) is 14.2. The van der Waals surface area contributed by atoms with Crippen molar-refractivity contribution in [1.29, 1.82) is 0 Å². The fourth-order valence-corrected chi connectivity index (χ4v) is 3.36. The van der Waals surface area contributed by atoms with E-state index in [4.69, 9.17) is 0 Å². The van der Waals surface area contributed by atoms with Crippen molar-refractivity contribution >= 4 is 44.5 Å². The van der Waals surface area contributed by atoms with Crippen molar-refractivity contribution in [3.05, 3.63) is 64.8 Å². The first-order chi connectivity index (χ1) is 10.7. The first-order valence-corrected chi connectivity index (χ1v) is 8.74. The second-order valence-corrected chi connectivity index (χ2v) is 6.86. The van der Waals surface area contributed by atoms with Gasteiger partial charge in [-0.05, 0) is 30.3 Å². The average Bonchev–Trinajstić information content (AvgIpc) is 2.95. The number of aromatic nitrogens is 1. The quantitative estimate of drug-likeness (QED) is 0.511.